The summed E-state index contributed by atoms with van der Waals surface area (Å²) in [6, 6.07) is 14.2. The van der Waals surface area contributed by atoms with Gasteiger partial charge in [-0.05, 0) is 66.9 Å². The van der Waals surface area contributed by atoms with Crippen LogP contribution in [0.3, 0.4) is 0 Å². The van der Waals surface area contributed by atoms with Crippen molar-refractivity contribution in [2.75, 3.05) is 11.9 Å². The van der Waals surface area contributed by atoms with Crippen LogP contribution in [0.4, 0.5) is 10.1 Å². The fourth-order valence-corrected chi connectivity index (χ4v) is 3.43. The predicted molar refractivity (Wildman–Crippen MR) is 132 cm³/mol. The molecule has 3 rings (SSSR count). The summed E-state index contributed by atoms with van der Waals surface area (Å²) in [5.74, 6) is -5.04. The highest BCUT2D eigenvalue weighted by molar-refractivity contribution is 6.44. The van der Waals surface area contributed by atoms with Gasteiger partial charge in [0.2, 0.25) is 0 Å². The molecule has 8 nitrogen and oxygen atoms in total. The molecule has 0 saturated heterocycles. The van der Waals surface area contributed by atoms with E-state index in [1.807, 2.05) is 24.3 Å². The van der Waals surface area contributed by atoms with Crippen LogP contribution in [-0.2, 0) is 9.59 Å². The Hall–Kier alpha value is -3.82. The van der Waals surface area contributed by atoms with Crippen molar-refractivity contribution in [3.05, 3.63) is 77.6 Å². The van der Waals surface area contributed by atoms with Crippen molar-refractivity contribution in [2.45, 2.75) is 25.3 Å². The van der Waals surface area contributed by atoms with Crippen LogP contribution < -0.4 is 16.4 Å². The van der Waals surface area contributed by atoms with E-state index >= 15 is 0 Å². The first-order valence-corrected chi connectivity index (χ1v) is 10.7. The highest BCUT2D eigenvalue weighted by Gasteiger charge is 2.26. The number of hydrogen-bond donors (Lipinski definition) is 4. The summed E-state index contributed by atoms with van der Waals surface area (Å²) < 4.78 is 13.9. The number of aliphatic carboxylic acids is 1. The lowest BCUT2D eigenvalue weighted by molar-refractivity contribution is -0.141. The Morgan fingerprint density at radius 1 is 0.943 bits per heavy atom. The van der Waals surface area contributed by atoms with Crippen LogP contribution in [0.15, 0.2) is 60.7 Å². The second-order valence-corrected chi connectivity index (χ2v) is 7.68. The molecule has 0 radical (unpaired) electrons. The first kappa shape index (κ1) is 27.4. The summed E-state index contributed by atoms with van der Waals surface area (Å²) in [7, 11) is 0. The summed E-state index contributed by atoms with van der Waals surface area (Å²) in [5, 5.41) is 15.8. The van der Waals surface area contributed by atoms with E-state index in [0.29, 0.717) is 24.9 Å². The summed E-state index contributed by atoms with van der Waals surface area (Å²) in [4.78, 5) is 49.5. The maximum atomic E-state index is 13.9. The maximum Gasteiger partial charge on any atom is 0.326 e. The second kappa shape index (κ2) is 12.6. The number of ketones is 1. The standard InChI is InChI=1S/C25H24FN3O5.ClH/c26-18-10-11-20(28-23(31)17-9-8-15-5-1-2-6-16(15)13-17)19(14-18)22(30)24(32)29-21(25(33)34)7-3-4-12-27;/h1-2,5-6,8-11,13-14,21H,3-4,7,12,27H2,(H,28,31)(H,29,32)(H,33,34);1H. The SMILES string of the molecule is Cl.NCCCCC(NC(=O)C(=O)c1cc(F)ccc1NC(=O)c1ccc2ccccc2c1)C(=O)O. The van der Waals surface area contributed by atoms with Gasteiger partial charge in [-0.25, -0.2) is 9.18 Å². The van der Waals surface area contributed by atoms with Gasteiger partial charge in [0.1, 0.15) is 11.9 Å². The Bertz CT molecular complexity index is 1250. The summed E-state index contributed by atoms with van der Waals surface area (Å²) in [6.07, 6.45) is 1.08. The molecule has 10 heteroatoms. The predicted octanol–water partition coefficient (Wildman–Crippen LogP) is 3.53. The molecule has 1 unspecified atom stereocenters. The van der Waals surface area contributed by atoms with Gasteiger partial charge >= 0.3 is 5.97 Å². The van der Waals surface area contributed by atoms with Crippen LogP contribution in [0.5, 0.6) is 0 Å². The first-order chi connectivity index (χ1) is 16.3. The van der Waals surface area contributed by atoms with Crippen LogP contribution >= 0.6 is 12.4 Å². The van der Waals surface area contributed by atoms with E-state index < -0.39 is 41.0 Å². The second-order valence-electron chi connectivity index (χ2n) is 7.68. The summed E-state index contributed by atoms with van der Waals surface area (Å²) in [5.41, 5.74) is 5.23. The normalized spacial score (nSPS) is 11.3. The molecule has 0 aliphatic carbocycles. The smallest absolute Gasteiger partial charge is 0.326 e. The number of carboxylic acids is 1. The van der Waals surface area contributed by atoms with Crippen molar-refractivity contribution in [3.8, 4) is 0 Å². The molecule has 5 N–H and O–H groups in total. The number of benzene rings is 3. The molecule has 0 saturated carbocycles. The van der Waals surface area contributed by atoms with Crippen molar-refractivity contribution in [1.29, 1.82) is 0 Å². The van der Waals surface area contributed by atoms with E-state index in [4.69, 9.17) is 5.73 Å². The third kappa shape index (κ3) is 7.08. The van der Waals surface area contributed by atoms with Gasteiger partial charge in [-0.3, -0.25) is 14.4 Å². The van der Waals surface area contributed by atoms with Crippen molar-refractivity contribution < 1.29 is 28.7 Å². The van der Waals surface area contributed by atoms with Crippen LogP contribution in [0, 0.1) is 5.82 Å². The van der Waals surface area contributed by atoms with E-state index in [1.165, 1.54) is 6.07 Å². The molecule has 0 heterocycles. The van der Waals surface area contributed by atoms with E-state index in [1.54, 1.807) is 18.2 Å². The lowest BCUT2D eigenvalue weighted by Gasteiger charge is -2.15. The van der Waals surface area contributed by atoms with Gasteiger partial charge in [-0.15, -0.1) is 12.4 Å². The molecule has 0 aliphatic heterocycles. The van der Waals surface area contributed by atoms with Gasteiger partial charge in [-0.1, -0.05) is 30.3 Å². The number of rotatable bonds is 10. The van der Waals surface area contributed by atoms with Crippen LogP contribution in [0.25, 0.3) is 10.8 Å². The number of Topliss-reactive ketones (excluding diaryl/α,β-unsaturated/α-hetero) is 1. The quantitative estimate of drug-likeness (QED) is 0.190. The van der Waals surface area contributed by atoms with Gasteiger partial charge in [0.15, 0.2) is 0 Å². The lowest BCUT2D eigenvalue weighted by Crippen LogP contribution is -2.44. The van der Waals surface area contributed by atoms with Crippen molar-refractivity contribution in [2.24, 2.45) is 5.73 Å². The fourth-order valence-electron chi connectivity index (χ4n) is 3.43. The molecule has 0 bridgehead atoms. The van der Waals surface area contributed by atoms with Gasteiger partial charge in [0, 0.05) is 5.56 Å². The maximum absolute atomic E-state index is 13.9. The number of carbonyl (C=O) groups excluding carboxylic acids is 3. The number of unbranched alkanes of at least 4 members (excludes halogenated alkanes) is 1. The van der Waals surface area contributed by atoms with Gasteiger partial charge in [0.05, 0.1) is 11.3 Å². The van der Waals surface area contributed by atoms with E-state index in [0.717, 1.165) is 22.9 Å². The Labute approximate surface area is 207 Å². The molecule has 0 aromatic heterocycles. The van der Waals surface area contributed by atoms with E-state index in [-0.39, 0.29) is 24.5 Å². The summed E-state index contributed by atoms with van der Waals surface area (Å²) in [6.45, 7) is 0.364. The molecule has 35 heavy (non-hydrogen) atoms. The number of anilines is 1. The fraction of sp³-hybridized carbons (Fsp3) is 0.200. The van der Waals surface area contributed by atoms with Crippen LogP contribution in [0.1, 0.15) is 40.0 Å². The zero-order valence-electron chi connectivity index (χ0n) is 18.6. The highest BCUT2D eigenvalue weighted by atomic mass is 35.5. The Kier molecular flexibility index (Phi) is 9.86. The number of nitrogens with one attached hydrogen (secondary N) is 2. The number of nitrogens with two attached hydrogens (primary N) is 1. The zero-order valence-corrected chi connectivity index (χ0v) is 19.4. The van der Waals surface area contributed by atoms with Crippen molar-refractivity contribution in [3.63, 3.8) is 0 Å². The van der Waals surface area contributed by atoms with Gasteiger partial charge < -0.3 is 21.5 Å². The van der Waals surface area contributed by atoms with Crippen molar-refractivity contribution >= 4 is 52.4 Å². The molecule has 0 spiro atoms. The Morgan fingerprint density at radius 3 is 2.34 bits per heavy atom. The lowest BCUT2D eigenvalue weighted by atomic mass is 10.0. The Morgan fingerprint density at radius 2 is 1.66 bits per heavy atom. The molecule has 0 aliphatic rings. The van der Waals surface area contributed by atoms with E-state index in [9.17, 15) is 28.7 Å². The first-order valence-electron chi connectivity index (χ1n) is 10.7. The number of carbonyl (C=O) groups is 4. The molecular formula is C25H25ClFN3O5. The molecule has 1 atom stereocenters. The van der Waals surface area contributed by atoms with Crippen molar-refractivity contribution in [1.82, 2.24) is 5.32 Å². The monoisotopic (exact) mass is 501 g/mol. The number of amides is 2. The minimum absolute atomic E-state index is 0. The average Bonchev–Trinajstić information content (AvgIpc) is 2.83. The van der Waals surface area contributed by atoms with E-state index in [2.05, 4.69) is 10.6 Å². The third-order valence-corrected chi connectivity index (χ3v) is 5.24. The minimum atomic E-state index is -1.30. The largest absolute Gasteiger partial charge is 0.480 e. The average molecular weight is 502 g/mol. The zero-order chi connectivity index (χ0) is 24.7. The molecular weight excluding hydrogens is 477 g/mol. The number of carboxylic acid groups (broad SMARTS) is 1. The van der Waals surface area contributed by atoms with Gasteiger partial charge in [-0.2, -0.15) is 0 Å². The summed E-state index contributed by atoms with van der Waals surface area (Å²) >= 11 is 0. The van der Waals surface area contributed by atoms with Crippen LogP contribution in [-0.4, -0.2) is 41.3 Å². The Balaban J connectivity index is 0.00000432. The molecule has 184 valence electrons. The molecule has 3 aromatic carbocycles. The topological polar surface area (TPSA) is 139 Å². The van der Waals surface area contributed by atoms with Gasteiger partial charge in [0.25, 0.3) is 17.6 Å². The molecule has 2 amide bonds. The number of hydrogen-bond acceptors (Lipinski definition) is 5. The minimum Gasteiger partial charge on any atom is -0.480 e. The third-order valence-electron chi connectivity index (χ3n) is 5.24. The highest BCUT2D eigenvalue weighted by Crippen LogP contribution is 2.21. The number of fused-ring (bicyclic) bond motifs is 1. The number of halogens is 2. The molecule has 0 fully saturated rings. The molecule has 3 aromatic rings. The van der Waals surface area contributed by atoms with Crippen LogP contribution in [0.2, 0.25) is 0 Å².